The maximum atomic E-state index is 5.91. The van der Waals surface area contributed by atoms with Crippen molar-refractivity contribution in [3.8, 4) is 0 Å². The molecule has 1 aliphatic rings. The Kier molecular flexibility index (Phi) is 2.33. The van der Waals surface area contributed by atoms with Crippen LogP contribution < -0.4 is 0 Å². The quantitative estimate of drug-likeness (QED) is 0.767. The summed E-state index contributed by atoms with van der Waals surface area (Å²) in [5, 5.41) is 9.07. The predicted octanol–water partition coefficient (Wildman–Crippen LogP) is 2.76. The number of rotatable bonds is 1. The van der Waals surface area contributed by atoms with Gasteiger partial charge >= 0.3 is 0 Å². The van der Waals surface area contributed by atoms with Gasteiger partial charge in [0.1, 0.15) is 5.52 Å². The lowest BCUT2D eigenvalue weighted by molar-refractivity contribution is 0.501. The van der Waals surface area contributed by atoms with Crippen molar-refractivity contribution in [1.82, 2.24) is 15.0 Å². The summed E-state index contributed by atoms with van der Waals surface area (Å²) in [4.78, 5) is 0. The highest BCUT2D eigenvalue weighted by Crippen LogP contribution is 2.29. The highest BCUT2D eigenvalue weighted by Gasteiger charge is 2.20. The molecule has 0 aliphatic carbocycles. The van der Waals surface area contributed by atoms with E-state index in [4.69, 9.17) is 11.6 Å². The van der Waals surface area contributed by atoms with Gasteiger partial charge in [-0.2, -0.15) is 11.8 Å². The maximum Gasteiger partial charge on any atom is 0.114 e. The van der Waals surface area contributed by atoms with Crippen LogP contribution in [0.15, 0.2) is 18.2 Å². The van der Waals surface area contributed by atoms with Gasteiger partial charge in [-0.15, -0.1) is 5.10 Å². The van der Waals surface area contributed by atoms with Gasteiger partial charge in [0.25, 0.3) is 0 Å². The van der Waals surface area contributed by atoms with E-state index in [0.717, 1.165) is 21.8 Å². The van der Waals surface area contributed by atoms with Gasteiger partial charge < -0.3 is 0 Å². The van der Waals surface area contributed by atoms with Gasteiger partial charge in [-0.3, -0.25) is 0 Å². The molecule has 1 unspecified atom stereocenters. The summed E-state index contributed by atoms with van der Waals surface area (Å²) in [5.41, 5.74) is 1.98. The molecule has 2 aromatic rings. The first-order chi connectivity index (χ1) is 7.34. The Morgan fingerprint density at radius 3 is 3.20 bits per heavy atom. The van der Waals surface area contributed by atoms with E-state index in [1.165, 1.54) is 12.2 Å². The summed E-state index contributed by atoms with van der Waals surface area (Å²) >= 11 is 7.88. The fraction of sp³-hybridized carbons (Fsp3) is 0.400. The van der Waals surface area contributed by atoms with Crippen molar-refractivity contribution in [2.45, 2.75) is 12.5 Å². The molecule has 1 atom stereocenters. The normalized spacial score (nSPS) is 21.3. The number of hydrogen-bond acceptors (Lipinski definition) is 3. The number of thioether (sulfide) groups is 1. The molecule has 78 valence electrons. The molecule has 1 aromatic heterocycles. The maximum absolute atomic E-state index is 5.91. The van der Waals surface area contributed by atoms with Crippen molar-refractivity contribution in [2.24, 2.45) is 0 Å². The first-order valence-corrected chi connectivity index (χ1v) is 6.46. The average molecular weight is 240 g/mol. The van der Waals surface area contributed by atoms with Gasteiger partial charge in [0.2, 0.25) is 0 Å². The molecule has 0 radical (unpaired) electrons. The van der Waals surface area contributed by atoms with Crippen molar-refractivity contribution in [3.05, 3.63) is 23.2 Å². The van der Waals surface area contributed by atoms with Gasteiger partial charge in [-0.05, 0) is 30.4 Å². The molecule has 0 bridgehead atoms. The summed E-state index contributed by atoms with van der Waals surface area (Å²) in [5.74, 6) is 2.36. The molecule has 1 fully saturated rings. The van der Waals surface area contributed by atoms with Crippen LogP contribution in [-0.2, 0) is 0 Å². The second kappa shape index (κ2) is 3.68. The fourth-order valence-electron chi connectivity index (χ4n) is 1.90. The molecule has 1 saturated heterocycles. The number of fused-ring (bicyclic) bond motifs is 1. The first kappa shape index (κ1) is 9.48. The number of halogens is 1. The second-order valence-electron chi connectivity index (χ2n) is 3.68. The molecule has 0 saturated carbocycles. The second-order valence-corrected chi connectivity index (χ2v) is 5.27. The van der Waals surface area contributed by atoms with Crippen LogP contribution in [0.1, 0.15) is 12.5 Å². The summed E-state index contributed by atoms with van der Waals surface area (Å²) in [6.45, 7) is 0. The molecule has 2 heterocycles. The van der Waals surface area contributed by atoms with Crippen molar-refractivity contribution in [2.75, 3.05) is 11.5 Å². The van der Waals surface area contributed by atoms with Crippen molar-refractivity contribution in [3.63, 3.8) is 0 Å². The SMILES string of the molecule is Clc1ccc2c(c1)nnn2C1CCSC1. The zero-order valence-electron chi connectivity index (χ0n) is 8.06. The highest BCUT2D eigenvalue weighted by atomic mass is 35.5. The van der Waals surface area contributed by atoms with Crippen LogP contribution in [0.5, 0.6) is 0 Å². The zero-order chi connectivity index (χ0) is 10.3. The Morgan fingerprint density at radius 1 is 1.47 bits per heavy atom. The molecule has 5 heteroatoms. The molecule has 3 rings (SSSR count). The van der Waals surface area contributed by atoms with Crippen LogP contribution in [0, 0.1) is 0 Å². The van der Waals surface area contributed by atoms with E-state index in [2.05, 4.69) is 10.3 Å². The van der Waals surface area contributed by atoms with Gasteiger partial charge in [-0.25, -0.2) is 4.68 Å². The van der Waals surface area contributed by atoms with Gasteiger partial charge in [0.15, 0.2) is 0 Å². The zero-order valence-corrected chi connectivity index (χ0v) is 9.63. The standard InChI is InChI=1S/C10H10ClN3S/c11-7-1-2-10-9(5-7)12-13-14(10)8-3-4-15-6-8/h1-2,5,8H,3-4,6H2. The smallest absolute Gasteiger partial charge is 0.114 e. The summed E-state index contributed by atoms with van der Waals surface area (Å²) in [7, 11) is 0. The van der Waals surface area contributed by atoms with Crippen LogP contribution in [0.2, 0.25) is 5.02 Å². The van der Waals surface area contributed by atoms with Gasteiger partial charge in [0, 0.05) is 10.8 Å². The lowest BCUT2D eigenvalue weighted by Gasteiger charge is -2.08. The minimum atomic E-state index is 0.501. The summed E-state index contributed by atoms with van der Waals surface area (Å²) < 4.78 is 2.03. The lowest BCUT2D eigenvalue weighted by atomic mass is 10.2. The molecule has 0 amide bonds. The van der Waals surface area contributed by atoms with E-state index in [0.29, 0.717) is 6.04 Å². The Bertz CT molecular complexity index is 490. The van der Waals surface area contributed by atoms with Crippen LogP contribution in [0.3, 0.4) is 0 Å². The Labute approximate surface area is 96.8 Å². The third kappa shape index (κ3) is 1.62. The minimum absolute atomic E-state index is 0.501. The summed E-state index contributed by atoms with van der Waals surface area (Å²) in [6.07, 6.45) is 1.19. The molecule has 3 nitrogen and oxygen atoms in total. The number of benzene rings is 1. The van der Waals surface area contributed by atoms with Gasteiger partial charge in [-0.1, -0.05) is 16.8 Å². The van der Waals surface area contributed by atoms with Crippen LogP contribution in [0.4, 0.5) is 0 Å². The van der Waals surface area contributed by atoms with Crippen molar-refractivity contribution >= 4 is 34.4 Å². The molecule has 1 aromatic carbocycles. The Hall–Kier alpha value is -0.740. The number of hydrogen-bond donors (Lipinski definition) is 0. The Balaban J connectivity index is 2.11. The van der Waals surface area contributed by atoms with E-state index >= 15 is 0 Å². The first-order valence-electron chi connectivity index (χ1n) is 4.93. The van der Waals surface area contributed by atoms with E-state index in [9.17, 15) is 0 Å². The molecule has 0 spiro atoms. The average Bonchev–Trinajstić information content (AvgIpc) is 2.82. The predicted molar refractivity (Wildman–Crippen MR) is 63.5 cm³/mol. The molecule has 0 N–H and O–H groups in total. The Morgan fingerprint density at radius 2 is 2.40 bits per heavy atom. The van der Waals surface area contributed by atoms with Crippen LogP contribution in [-0.4, -0.2) is 26.5 Å². The fourth-order valence-corrected chi connectivity index (χ4v) is 3.25. The summed E-state index contributed by atoms with van der Waals surface area (Å²) in [6, 6.07) is 6.26. The van der Waals surface area contributed by atoms with E-state index in [1.54, 1.807) is 0 Å². The molecule has 1 aliphatic heterocycles. The lowest BCUT2D eigenvalue weighted by Crippen LogP contribution is -2.09. The highest BCUT2D eigenvalue weighted by molar-refractivity contribution is 7.99. The molecule has 15 heavy (non-hydrogen) atoms. The van der Waals surface area contributed by atoms with Crippen LogP contribution >= 0.6 is 23.4 Å². The third-order valence-electron chi connectivity index (χ3n) is 2.68. The van der Waals surface area contributed by atoms with Crippen molar-refractivity contribution < 1.29 is 0 Å². The topological polar surface area (TPSA) is 30.7 Å². The largest absolute Gasteiger partial charge is 0.241 e. The molecular weight excluding hydrogens is 230 g/mol. The van der Waals surface area contributed by atoms with E-state index in [-0.39, 0.29) is 0 Å². The van der Waals surface area contributed by atoms with Crippen LogP contribution in [0.25, 0.3) is 11.0 Å². The third-order valence-corrected chi connectivity index (χ3v) is 4.06. The monoisotopic (exact) mass is 239 g/mol. The number of nitrogens with zero attached hydrogens (tertiary/aromatic N) is 3. The van der Waals surface area contributed by atoms with Gasteiger partial charge in [0.05, 0.1) is 11.6 Å². The minimum Gasteiger partial charge on any atom is -0.241 e. The number of aromatic nitrogens is 3. The van der Waals surface area contributed by atoms with E-state index in [1.807, 2.05) is 34.6 Å². The molecular formula is C10H10ClN3S. The van der Waals surface area contributed by atoms with Crippen molar-refractivity contribution in [1.29, 1.82) is 0 Å². The van der Waals surface area contributed by atoms with E-state index < -0.39 is 0 Å².